The highest BCUT2D eigenvalue weighted by atomic mass is 32.2. The quantitative estimate of drug-likeness (QED) is 0.733. The summed E-state index contributed by atoms with van der Waals surface area (Å²) in [5, 5.41) is 0. The van der Waals surface area contributed by atoms with Gasteiger partial charge in [-0.1, -0.05) is 0 Å². The lowest BCUT2D eigenvalue weighted by atomic mass is 9.98. The van der Waals surface area contributed by atoms with Gasteiger partial charge in [-0.05, 0) is 24.7 Å². The Kier molecular flexibility index (Phi) is 4.28. The van der Waals surface area contributed by atoms with E-state index in [2.05, 4.69) is 0 Å². The summed E-state index contributed by atoms with van der Waals surface area (Å²) in [6.45, 7) is 2.00. The van der Waals surface area contributed by atoms with E-state index >= 15 is 0 Å². The number of likely N-dealkylation sites (N-methyl/N-ethyl adjacent to an activating group) is 1. The third-order valence-electron chi connectivity index (χ3n) is 4.21. The Morgan fingerprint density at radius 1 is 1.39 bits per heavy atom. The lowest BCUT2D eigenvalue weighted by Crippen LogP contribution is -2.43. The number of rotatable bonds is 5. The molecule has 1 heterocycles. The third-order valence-corrected chi connectivity index (χ3v) is 6.13. The zero-order chi connectivity index (χ0) is 13.3. The highest BCUT2D eigenvalue weighted by Crippen LogP contribution is 2.38. The van der Waals surface area contributed by atoms with Crippen LogP contribution in [0.25, 0.3) is 0 Å². The van der Waals surface area contributed by atoms with Gasteiger partial charge >= 0.3 is 0 Å². The van der Waals surface area contributed by atoms with E-state index in [0.29, 0.717) is 38.1 Å². The summed E-state index contributed by atoms with van der Waals surface area (Å²) in [5.41, 5.74) is 6.03. The van der Waals surface area contributed by atoms with Gasteiger partial charge in [-0.2, -0.15) is 17.0 Å². The Morgan fingerprint density at radius 3 is 2.72 bits per heavy atom. The molecule has 1 aliphatic carbocycles. The van der Waals surface area contributed by atoms with Crippen molar-refractivity contribution >= 4 is 10.2 Å². The molecule has 1 saturated carbocycles. The van der Waals surface area contributed by atoms with Crippen molar-refractivity contribution in [2.24, 2.45) is 17.6 Å². The molecule has 2 N–H and O–H groups in total. The maximum atomic E-state index is 12.3. The molecule has 2 rings (SSSR count). The number of nitrogens with zero attached hydrogens (tertiary/aromatic N) is 2. The fourth-order valence-electron chi connectivity index (χ4n) is 2.99. The van der Waals surface area contributed by atoms with Gasteiger partial charge in [0, 0.05) is 39.8 Å². The summed E-state index contributed by atoms with van der Waals surface area (Å²) in [6.07, 6.45) is 2.09. The van der Waals surface area contributed by atoms with E-state index in [9.17, 15) is 8.42 Å². The van der Waals surface area contributed by atoms with E-state index in [4.69, 9.17) is 10.5 Å². The molecule has 0 bridgehead atoms. The first-order chi connectivity index (χ1) is 8.46. The molecule has 2 fully saturated rings. The Bertz CT molecular complexity index is 387. The smallest absolute Gasteiger partial charge is 0.281 e. The van der Waals surface area contributed by atoms with Crippen LogP contribution in [0.4, 0.5) is 0 Å². The van der Waals surface area contributed by atoms with Crippen LogP contribution >= 0.6 is 0 Å². The molecule has 18 heavy (non-hydrogen) atoms. The zero-order valence-electron chi connectivity index (χ0n) is 11.1. The zero-order valence-corrected chi connectivity index (χ0v) is 11.9. The van der Waals surface area contributed by atoms with Gasteiger partial charge in [0.2, 0.25) is 0 Å². The molecule has 0 aromatic heterocycles. The van der Waals surface area contributed by atoms with Gasteiger partial charge in [-0.25, -0.2) is 0 Å². The summed E-state index contributed by atoms with van der Waals surface area (Å²) in [6, 6.07) is 0.166. The van der Waals surface area contributed by atoms with Gasteiger partial charge in [0.05, 0.1) is 6.61 Å². The summed E-state index contributed by atoms with van der Waals surface area (Å²) in [7, 11) is -0.177. The molecule has 106 valence electrons. The minimum absolute atomic E-state index is 0.166. The van der Waals surface area contributed by atoms with E-state index < -0.39 is 10.2 Å². The molecule has 3 unspecified atom stereocenters. The van der Waals surface area contributed by atoms with Crippen LogP contribution in [-0.4, -0.2) is 63.5 Å². The second-order valence-electron chi connectivity index (χ2n) is 5.30. The van der Waals surface area contributed by atoms with Crippen LogP contribution < -0.4 is 5.73 Å². The molecule has 1 saturated heterocycles. The lowest BCUT2D eigenvalue weighted by molar-refractivity contribution is 0.182. The Balaban J connectivity index is 2.00. The maximum Gasteiger partial charge on any atom is 0.281 e. The summed E-state index contributed by atoms with van der Waals surface area (Å²) in [4.78, 5) is 0. The van der Waals surface area contributed by atoms with E-state index in [1.165, 1.54) is 4.31 Å². The summed E-state index contributed by atoms with van der Waals surface area (Å²) < 4.78 is 32.5. The predicted molar refractivity (Wildman–Crippen MR) is 69.2 cm³/mol. The normalized spacial score (nSPS) is 33.2. The van der Waals surface area contributed by atoms with Crippen LogP contribution in [0.1, 0.15) is 12.8 Å². The average molecular weight is 277 g/mol. The van der Waals surface area contributed by atoms with E-state index in [1.807, 2.05) is 0 Å². The number of ether oxygens (including phenoxy) is 1. The molecule has 6 nitrogen and oxygen atoms in total. The second-order valence-corrected chi connectivity index (χ2v) is 7.34. The van der Waals surface area contributed by atoms with Crippen LogP contribution in [-0.2, 0) is 14.9 Å². The fraction of sp³-hybridized carbons (Fsp3) is 1.00. The fourth-order valence-corrected chi connectivity index (χ4v) is 4.43. The van der Waals surface area contributed by atoms with E-state index in [-0.39, 0.29) is 6.04 Å². The number of fused-ring (bicyclic) bond motifs is 1. The number of nitrogens with two attached hydrogens (primary N) is 1. The van der Waals surface area contributed by atoms with Crippen LogP contribution in [0, 0.1) is 11.8 Å². The molecular weight excluding hydrogens is 254 g/mol. The van der Waals surface area contributed by atoms with Crippen molar-refractivity contribution < 1.29 is 13.2 Å². The molecule has 1 aliphatic heterocycles. The van der Waals surface area contributed by atoms with Crippen molar-refractivity contribution in [1.29, 1.82) is 0 Å². The van der Waals surface area contributed by atoms with Crippen molar-refractivity contribution in [2.45, 2.75) is 18.9 Å². The van der Waals surface area contributed by atoms with Gasteiger partial charge in [0.1, 0.15) is 0 Å². The topological polar surface area (TPSA) is 75.9 Å². The molecule has 0 aromatic carbocycles. The van der Waals surface area contributed by atoms with Gasteiger partial charge in [-0.15, -0.1) is 0 Å². The van der Waals surface area contributed by atoms with E-state index in [1.54, 1.807) is 18.5 Å². The van der Waals surface area contributed by atoms with Crippen molar-refractivity contribution in [3.63, 3.8) is 0 Å². The predicted octanol–water partition coefficient (Wildman–Crippen LogP) is -0.521. The van der Waals surface area contributed by atoms with Crippen LogP contribution in [0.5, 0.6) is 0 Å². The van der Waals surface area contributed by atoms with Gasteiger partial charge < -0.3 is 10.5 Å². The lowest BCUT2D eigenvalue weighted by Gasteiger charge is -2.24. The van der Waals surface area contributed by atoms with Crippen LogP contribution in [0.2, 0.25) is 0 Å². The largest absolute Gasteiger partial charge is 0.383 e. The molecule has 7 heteroatoms. The van der Waals surface area contributed by atoms with Gasteiger partial charge in [-0.3, -0.25) is 0 Å². The first-order valence-corrected chi connectivity index (χ1v) is 7.82. The number of hydrogen-bond donors (Lipinski definition) is 1. The molecule has 3 atom stereocenters. The molecule has 0 spiro atoms. The molecular formula is C11H23N3O3S. The van der Waals surface area contributed by atoms with Gasteiger partial charge in [0.25, 0.3) is 10.2 Å². The monoisotopic (exact) mass is 277 g/mol. The molecule has 0 amide bonds. The first kappa shape index (κ1) is 14.2. The second kappa shape index (κ2) is 5.42. The maximum absolute atomic E-state index is 12.3. The SMILES string of the molecule is COCCN(C)S(=O)(=O)N1CC2CCC(N)C2C1. The van der Waals surface area contributed by atoms with Gasteiger partial charge in [0.15, 0.2) is 0 Å². The Labute approximate surface area is 109 Å². The van der Waals surface area contributed by atoms with Crippen LogP contribution in [0.15, 0.2) is 0 Å². The molecule has 0 radical (unpaired) electrons. The third kappa shape index (κ3) is 2.55. The van der Waals surface area contributed by atoms with Crippen molar-refractivity contribution in [1.82, 2.24) is 8.61 Å². The summed E-state index contributed by atoms with van der Waals surface area (Å²) >= 11 is 0. The molecule has 2 aliphatic rings. The minimum Gasteiger partial charge on any atom is -0.383 e. The number of methoxy groups -OCH3 is 1. The van der Waals surface area contributed by atoms with E-state index in [0.717, 1.165) is 12.8 Å². The Morgan fingerprint density at radius 2 is 2.11 bits per heavy atom. The van der Waals surface area contributed by atoms with Crippen molar-refractivity contribution in [3.8, 4) is 0 Å². The molecule has 0 aromatic rings. The average Bonchev–Trinajstić information content (AvgIpc) is 2.89. The minimum atomic E-state index is -3.35. The highest BCUT2D eigenvalue weighted by molar-refractivity contribution is 7.86. The Hall–Kier alpha value is -0.210. The standard InChI is InChI=1S/C11H23N3O3S/c1-13(5-6-17-2)18(15,16)14-7-9-3-4-11(12)10(9)8-14/h9-11H,3-8,12H2,1-2H3. The number of hydrogen-bond acceptors (Lipinski definition) is 4. The first-order valence-electron chi connectivity index (χ1n) is 6.42. The highest BCUT2D eigenvalue weighted by Gasteiger charge is 2.45. The summed E-state index contributed by atoms with van der Waals surface area (Å²) in [5.74, 6) is 0.793. The van der Waals surface area contributed by atoms with Crippen molar-refractivity contribution in [2.75, 3.05) is 40.4 Å². The van der Waals surface area contributed by atoms with Crippen LogP contribution in [0.3, 0.4) is 0 Å². The van der Waals surface area contributed by atoms with Crippen molar-refractivity contribution in [3.05, 3.63) is 0 Å².